The Hall–Kier alpha value is -1.72. The van der Waals surface area contributed by atoms with Crippen molar-refractivity contribution < 1.29 is 0 Å². The van der Waals surface area contributed by atoms with Crippen LogP contribution in [0.1, 0.15) is 39.0 Å². The maximum Gasteiger partial charge on any atom is 0.200 e. The Morgan fingerprint density at radius 2 is 2.11 bits per heavy atom. The van der Waals surface area contributed by atoms with E-state index in [0.29, 0.717) is 11.7 Å². The van der Waals surface area contributed by atoms with Crippen LogP contribution in [-0.2, 0) is 0 Å². The third-order valence-corrected chi connectivity index (χ3v) is 3.71. The molecule has 96 valence electrons. The van der Waals surface area contributed by atoms with E-state index in [4.69, 9.17) is 0 Å². The molecule has 0 radical (unpaired) electrons. The summed E-state index contributed by atoms with van der Waals surface area (Å²) < 4.78 is 1.50. The van der Waals surface area contributed by atoms with Gasteiger partial charge in [-0.15, -0.1) is 14.8 Å². The average molecular weight is 246 g/mol. The van der Waals surface area contributed by atoms with Crippen molar-refractivity contribution in [2.75, 3.05) is 11.4 Å². The Labute approximate surface area is 106 Å². The van der Waals surface area contributed by atoms with Crippen LogP contribution in [0.3, 0.4) is 0 Å². The molecule has 0 aromatic carbocycles. The van der Waals surface area contributed by atoms with Crippen molar-refractivity contribution in [3.8, 4) is 0 Å². The van der Waals surface area contributed by atoms with Gasteiger partial charge < -0.3 is 4.90 Å². The van der Waals surface area contributed by atoms with Crippen LogP contribution in [0.25, 0.3) is 5.65 Å². The van der Waals surface area contributed by atoms with Gasteiger partial charge in [0.1, 0.15) is 0 Å². The van der Waals surface area contributed by atoms with Gasteiger partial charge in [-0.25, -0.2) is 0 Å². The highest BCUT2D eigenvalue weighted by Crippen LogP contribution is 2.25. The average Bonchev–Trinajstić information content (AvgIpc) is 2.88. The van der Waals surface area contributed by atoms with Crippen molar-refractivity contribution >= 4 is 11.5 Å². The highest BCUT2D eigenvalue weighted by atomic mass is 15.6. The molecule has 1 saturated carbocycles. The second-order valence-electron chi connectivity index (χ2n) is 4.80. The summed E-state index contributed by atoms with van der Waals surface area (Å²) >= 11 is 0. The Kier molecular flexibility index (Phi) is 3.08. The fraction of sp³-hybridized carbons (Fsp3) is 0.667. The third-order valence-electron chi connectivity index (χ3n) is 3.71. The Morgan fingerprint density at radius 3 is 2.89 bits per heavy atom. The number of hydrogen-bond donors (Lipinski definition) is 0. The van der Waals surface area contributed by atoms with Crippen molar-refractivity contribution in [3.05, 3.63) is 12.1 Å². The molecule has 6 nitrogen and oxygen atoms in total. The van der Waals surface area contributed by atoms with E-state index in [1.54, 1.807) is 0 Å². The van der Waals surface area contributed by atoms with Gasteiger partial charge in [0.25, 0.3) is 0 Å². The molecular weight excluding hydrogens is 228 g/mol. The van der Waals surface area contributed by atoms with Gasteiger partial charge in [0.15, 0.2) is 11.5 Å². The third kappa shape index (κ3) is 2.02. The summed E-state index contributed by atoms with van der Waals surface area (Å²) in [5.74, 6) is 0.976. The summed E-state index contributed by atoms with van der Waals surface area (Å²) in [6, 6.07) is 4.56. The first-order valence-electron chi connectivity index (χ1n) is 6.70. The van der Waals surface area contributed by atoms with Crippen molar-refractivity contribution in [1.82, 2.24) is 25.3 Å². The molecule has 1 aliphatic rings. The van der Waals surface area contributed by atoms with Gasteiger partial charge in [-0.05, 0) is 42.3 Å². The van der Waals surface area contributed by atoms with Crippen molar-refractivity contribution in [2.24, 2.45) is 0 Å². The molecule has 0 amide bonds. The first kappa shape index (κ1) is 11.4. The maximum atomic E-state index is 4.49. The van der Waals surface area contributed by atoms with Crippen LogP contribution in [0.2, 0.25) is 0 Å². The normalized spacial score (nSPS) is 17.2. The van der Waals surface area contributed by atoms with Crippen LogP contribution in [-0.4, -0.2) is 37.8 Å². The SMILES string of the molecule is CCN(c1ccc2nnnn2n1)C1CCCCC1. The molecule has 2 heterocycles. The number of aromatic nitrogens is 5. The Morgan fingerprint density at radius 1 is 1.28 bits per heavy atom. The maximum absolute atomic E-state index is 4.49. The molecular formula is C12H18N6. The monoisotopic (exact) mass is 246 g/mol. The molecule has 0 bridgehead atoms. The molecule has 0 N–H and O–H groups in total. The van der Waals surface area contributed by atoms with Gasteiger partial charge >= 0.3 is 0 Å². The zero-order valence-electron chi connectivity index (χ0n) is 10.7. The second kappa shape index (κ2) is 4.88. The largest absolute Gasteiger partial charge is 0.352 e. The molecule has 0 atom stereocenters. The molecule has 1 fully saturated rings. The van der Waals surface area contributed by atoms with E-state index < -0.39 is 0 Å². The zero-order valence-corrected chi connectivity index (χ0v) is 10.7. The number of hydrogen-bond acceptors (Lipinski definition) is 5. The van der Waals surface area contributed by atoms with Crippen LogP contribution >= 0.6 is 0 Å². The number of rotatable bonds is 3. The standard InChI is InChI=1S/C12H18N6/c1-2-17(10-6-4-3-5-7-10)12-9-8-11-13-15-16-18(11)14-12/h8-10H,2-7H2,1H3. The summed E-state index contributed by atoms with van der Waals surface area (Å²) in [5.41, 5.74) is 0.693. The molecule has 3 rings (SSSR count). The molecule has 0 aliphatic heterocycles. The first-order chi connectivity index (χ1) is 8.88. The van der Waals surface area contributed by atoms with E-state index in [0.717, 1.165) is 12.4 Å². The van der Waals surface area contributed by atoms with Crippen LogP contribution in [0.15, 0.2) is 12.1 Å². The van der Waals surface area contributed by atoms with Crippen LogP contribution < -0.4 is 4.90 Å². The minimum absolute atomic E-state index is 0.616. The van der Waals surface area contributed by atoms with E-state index in [2.05, 4.69) is 32.4 Å². The van der Waals surface area contributed by atoms with Gasteiger partial charge in [-0.3, -0.25) is 0 Å². The quantitative estimate of drug-likeness (QED) is 0.824. The van der Waals surface area contributed by atoms with Gasteiger partial charge in [0.05, 0.1) is 0 Å². The van der Waals surface area contributed by atoms with Gasteiger partial charge in [0.2, 0.25) is 0 Å². The minimum atomic E-state index is 0.616. The molecule has 6 heteroatoms. The number of fused-ring (bicyclic) bond motifs is 1. The number of nitrogens with zero attached hydrogens (tertiary/aromatic N) is 6. The Bertz CT molecular complexity index is 516. The summed E-state index contributed by atoms with van der Waals surface area (Å²) in [6.45, 7) is 3.16. The van der Waals surface area contributed by atoms with Gasteiger partial charge in [-0.2, -0.15) is 0 Å². The summed E-state index contributed by atoms with van der Waals surface area (Å²) in [7, 11) is 0. The minimum Gasteiger partial charge on any atom is -0.352 e. The lowest BCUT2D eigenvalue weighted by Crippen LogP contribution is -2.37. The number of anilines is 1. The lowest BCUT2D eigenvalue weighted by Gasteiger charge is -2.34. The van der Waals surface area contributed by atoms with E-state index >= 15 is 0 Å². The van der Waals surface area contributed by atoms with Crippen molar-refractivity contribution in [1.29, 1.82) is 0 Å². The molecule has 2 aromatic heterocycles. The first-order valence-corrected chi connectivity index (χ1v) is 6.70. The van der Waals surface area contributed by atoms with E-state index in [9.17, 15) is 0 Å². The van der Waals surface area contributed by atoms with Crippen LogP contribution in [0, 0.1) is 0 Å². The molecule has 0 saturated heterocycles. The highest BCUT2D eigenvalue weighted by Gasteiger charge is 2.21. The molecule has 1 aliphatic carbocycles. The predicted octanol–water partition coefficient (Wildman–Crippen LogP) is 1.68. The lowest BCUT2D eigenvalue weighted by molar-refractivity contribution is 0.415. The molecule has 18 heavy (non-hydrogen) atoms. The predicted molar refractivity (Wildman–Crippen MR) is 68.5 cm³/mol. The fourth-order valence-corrected chi connectivity index (χ4v) is 2.79. The summed E-state index contributed by atoms with van der Waals surface area (Å²) in [4.78, 5) is 2.38. The zero-order chi connectivity index (χ0) is 12.4. The van der Waals surface area contributed by atoms with Gasteiger partial charge in [0, 0.05) is 12.6 Å². The molecule has 2 aromatic rings. The second-order valence-corrected chi connectivity index (χ2v) is 4.80. The Balaban J connectivity index is 1.89. The summed E-state index contributed by atoms with van der Waals surface area (Å²) in [5, 5.41) is 15.8. The van der Waals surface area contributed by atoms with Gasteiger partial charge in [-0.1, -0.05) is 19.3 Å². The topological polar surface area (TPSA) is 59.2 Å². The van der Waals surface area contributed by atoms with Crippen LogP contribution in [0.5, 0.6) is 0 Å². The van der Waals surface area contributed by atoms with E-state index in [1.165, 1.54) is 36.7 Å². The van der Waals surface area contributed by atoms with Crippen molar-refractivity contribution in [3.63, 3.8) is 0 Å². The highest BCUT2D eigenvalue weighted by molar-refractivity contribution is 5.45. The molecule has 0 spiro atoms. The molecule has 0 unspecified atom stereocenters. The van der Waals surface area contributed by atoms with E-state index in [-0.39, 0.29) is 0 Å². The number of tetrazole rings is 1. The lowest BCUT2D eigenvalue weighted by atomic mass is 9.94. The van der Waals surface area contributed by atoms with E-state index in [1.807, 2.05) is 12.1 Å². The summed E-state index contributed by atoms with van der Waals surface area (Å²) in [6.07, 6.45) is 6.56. The van der Waals surface area contributed by atoms with Crippen molar-refractivity contribution in [2.45, 2.75) is 45.1 Å². The smallest absolute Gasteiger partial charge is 0.200 e. The fourth-order valence-electron chi connectivity index (χ4n) is 2.79. The van der Waals surface area contributed by atoms with Crippen LogP contribution in [0.4, 0.5) is 5.82 Å².